The van der Waals surface area contributed by atoms with E-state index in [2.05, 4.69) is 22.0 Å². The van der Waals surface area contributed by atoms with Crippen molar-refractivity contribution in [3.63, 3.8) is 0 Å². The first-order chi connectivity index (χ1) is 6.74. The Morgan fingerprint density at radius 2 is 2.36 bits per heavy atom. The quantitative estimate of drug-likeness (QED) is 0.758. The molecule has 0 aromatic carbocycles. The van der Waals surface area contributed by atoms with Gasteiger partial charge in [-0.15, -0.1) is 0 Å². The van der Waals surface area contributed by atoms with E-state index >= 15 is 0 Å². The van der Waals surface area contributed by atoms with E-state index in [0.717, 1.165) is 24.1 Å². The normalized spacial score (nSPS) is 11.0. The minimum Gasteiger partial charge on any atom is -0.311 e. The van der Waals surface area contributed by atoms with Crippen LogP contribution in [0.2, 0.25) is 0 Å². The highest BCUT2D eigenvalue weighted by atomic mass is 16.1. The molecule has 0 aliphatic heterocycles. The van der Waals surface area contributed by atoms with Gasteiger partial charge >= 0.3 is 0 Å². The third kappa shape index (κ3) is 1.21. The van der Waals surface area contributed by atoms with Gasteiger partial charge in [0.05, 0.1) is 12.0 Å². The zero-order valence-corrected chi connectivity index (χ0v) is 8.24. The Bertz CT molecular complexity index is 511. The second-order valence-electron chi connectivity index (χ2n) is 3.25. The fourth-order valence-corrected chi connectivity index (χ4v) is 1.59. The zero-order valence-electron chi connectivity index (χ0n) is 8.24. The summed E-state index contributed by atoms with van der Waals surface area (Å²) in [5.74, 6) is 0. The van der Waals surface area contributed by atoms with Crippen molar-refractivity contribution < 1.29 is 0 Å². The molecule has 0 amide bonds. The highest BCUT2D eigenvalue weighted by Crippen LogP contribution is 2.11. The summed E-state index contributed by atoms with van der Waals surface area (Å²) >= 11 is 0. The minimum absolute atomic E-state index is 0.132. The molecule has 5 nitrogen and oxygen atoms in total. The van der Waals surface area contributed by atoms with Crippen LogP contribution in [-0.4, -0.2) is 19.7 Å². The third-order valence-corrected chi connectivity index (χ3v) is 2.18. The second kappa shape index (κ2) is 3.25. The Morgan fingerprint density at radius 1 is 1.57 bits per heavy atom. The zero-order chi connectivity index (χ0) is 10.1. The fourth-order valence-electron chi connectivity index (χ4n) is 1.59. The molecule has 0 radical (unpaired) electrons. The molecule has 0 atom stereocenters. The summed E-state index contributed by atoms with van der Waals surface area (Å²) in [5.41, 5.74) is 2.04. The minimum atomic E-state index is -0.132. The number of nitrogens with zero attached hydrogens (tertiary/aromatic N) is 3. The van der Waals surface area contributed by atoms with Crippen molar-refractivity contribution >= 4 is 11.0 Å². The molecule has 2 rings (SSSR count). The van der Waals surface area contributed by atoms with Crippen molar-refractivity contribution in [3.05, 3.63) is 22.4 Å². The molecule has 2 heterocycles. The van der Waals surface area contributed by atoms with Crippen LogP contribution in [0, 0.1) is 0 Å². The monoisotopic (exact) mass is 192 g/mol. The van der Waals surface area contributed by atoms with Gasteiger partial charge < -0.3 is 4.98 Å². The number of aromatic amines is 1. The second-order valence-corrected chi connectivity index (χ2v) is 3.25. The van der Waals surface area contributed by atoms with E-state index in [0.29, 0.717) is 5.52 Å². The lowest BCUT2D eigenvalue weighted by atomic mass is 10.2. The summed E-state index contributed by atoms with van der Waals surface area (Å²) in [5, 5.41) is 4.27. The van der Waals surface area contributed by atoms with E-state index in [-0.39, 0.29) is 5.56 Å². The smallest absolute Gasteiger partial charge is 0.276 e. The van der Waals surface area contributed by atoms with Crippen LogP contribution in [0.25, 0.3) is 11.0 Å². The Balaban J connectivity index is 2.77. The van der Waals surface area contributed by atoms with Gasteiger partial charge in [0, 0.05) is 7.05 Å². The molecule has 5 heteroatoms. The van der Waals surface area contributed by atoms with Gasteiger partial charge in [-0.05, 0) is 6.42 Å². The number of aromatic nitrogens is 4. The number of aryl methyl sites for hydroxylation is 2. The summed E-state index contributed by atoms with van der Waals surface area (Å²) in [6, 6.07) is 0. The highest BCUT2D eigenvalue weighted by Gasteiger charge is 2.11. The van der Waals surface area contributed by atoms with Crippen molar-refractivity contribution in [1.29, 1.82) is 0 Å². The molecule has 0 bridgehead atoms. The Morgan fingerprint density at radius 3 is 3.07 bits per heavy atom. The van der Waals surface area contributed by atoms with Crippen LogP contribution in [0.1, 0.15) is 19.0 Å². The van der Waals surface area contributed by atoms with Crippen LogP contribution < -0.4 is 5.56 Å². The van der Waals surface area contributed by atoms with Gasteiger partial charge in [-0.3, -0.25) is 9.48 Å². The summed E-state index contributed by atoms with van der Waals surface area (Å²) in [6.45, 7) is 2.08. The van der Waals surface area contributed by atoms with Crippen molar-refractivity contribution in [2.24, 2.45) is 7.05 Å². The van der Waals surface area contributed by atoms with E-state index in [1.165, 1.54) is 6.33 Å². The lowest BCUT2D eigenvalue weighted by molar-refractivity contribution is 0.751. The number of hydrogen-bond donors (Lipinski definition) is 1. The molecule has 0 unspecified atom stereocenters. The predicted octanol–water partition coefficient (Wildman–Crippen LogP) is 0.609. The van der Waals surface area contributed by atoms with Crippen molar-refractivity contribution in [1.82, 2.24) is 19.7 Å². The first-order valence-electron chi connectivity index (χ1n) is 4.63. The molecule has 2 aromatic heterocycles. The molecule has 0 aliphatic rings. The summed E-state index contributed by atoms with van der Waals surface area (Å²) < 4.78 is 1.59. The molecule has 2 aromatic rings. The molecular weight excluding hydrogens is 180 g/mol. The summed E-state index contributed by atoms with van der Waals surface area (Å²) in [6.07, 6.45) is 3.28. The number of H-pyrrole nitrogens is 1. The standard InChI is InChI=1S/C9H12N4O/c1-3-4-6-7-8(13(2)12-6)9(14)11-5-10-7/h5H,3-4H2,1-2H3,(H,10,11,14). The molecule has 74 valence electrons. The van der Waals surface area contributed by atoms with Crippen LogP contribution in [0.15, 0.2) is 11.1 Å². The maximum Gasteiger partial charge on any atom is 0.276 e. The molecule has 14 heavy (non-hydrogen) atoms. The maximum absolute atomic E-state index is 11.5. The van der Waals surface area contributed by atoms with Crippen LogP contribution in [-0.2, 0) is 13.5 Å². The van der Waals surface area contributed by atoms with Gasteiger partial charge in [0.25, 0.3) is 5.56 Å². The first-order valence-corrected chi connectivity index (χ1v) is 4.63. The Labute approximate surface area is 80.8 Å². The number of rotatable bonds is 2. The molecular formula is C9H12N4O. The maximum atomic E-state index is 11.5. The van der Waals surface area contributed by atoms with E-state index in [4.69, 9.17) is 0 Å². The van der Waals surface area contributed by atoms with E-state index in [1.54, 1.807) is 11.7 Å². The SMILES string of the molecule is CCCc1nn(C)c2c(=O)[nH]cnc12. The number of nitrogens with one attached hydrogen (secondary N) is 1. The predicted molar refractivity (Wildman–Crippen MR) is 53.1 cm³/mol. The molecule has 1 N–H and O–H groups in total. The first kappa shape index (κ1) is 8.93. The average Bonchev–Trinajstić information content (AvgIpc) is 2.46. The van der Waals surface area contributed by atoms with Gasteiger partial charge in [-0.25, -0.2) is 4.98 Å². The van der Waals surface area contributed by atoms with Crippen LogP contribution >= 0.6 is 0 Å². The van der Waals surface area contributed by atoms with Gasteiger partial charge in [-0.1, -0.05) is 13.3 Å². The molecule has 0 aliphatic carbocycles. The lowest BCUT2D eigenvalue weighted by Crippen LogP contribution is -2.09. The van der Waals surface area contributed by atoms with Crippen LogP contribution in [0.3, 0.4) is 0 Å². The van der Waals surface area contributed by atoms with E-state index in [9.17, 15) is 4.79 Å². The topological polar surface area (TPSA) is 63.6 Å². The van der Waals surface area contributed by atoms with Gasteiger partial charge in [0.15, 0.2) is 5.52 Å². The van der Waals surface area contributed by atoms with E-state index < -0.39 is 0 Å². The molecule has 0 saturated heterocycles. The van der Waals surface area contributed by atoms with Gasteiger partial charge in [0.1, 0.15) is 5.52 Å². The number of fused-ring (bicyclic) bond motifs is 1. The highest BCUT2D eigenvalue weighted by molar-refractivity contribution is 5.76. The average molecular weight is 192 g/mol. The van der Waals surface area contributed by atoms with E-state index in [1.807, 2.05) is 0 Å². The largest absolute Gasteiger partial charge is 0.311 e. The van der Waals surface area contributed by atoms with Crippen LogP contribution in [0.4, 0.5) is 0 Å². The van der Waals surface area contributed by atoms with Gasteiger partial charge in [-0.2, -0.15) is 5.10 Å². The lowest BCUT2D eigenvalue weighted by Gasteiger charge is -1.90. The number of hydrogen-bond acceptors (Lipinski definition) is 3. The van der Waals surface area contributed by atoms with Crippen molar-refractivity contribution in [2.45, 2.75) is 19.8 Å². The van der Waals surface area contributed by atoms with Gasteiger partial charge in [0.2, 0.25) is 0 Å². The summed E-state index contributed by atoms with van der Waals surface area (Å²) in [7, 11) is 1.76. The van der Waals surface area contributed by atoms with Crippen LogP contribution in [0.5, 0.6) is 0 Å². The Hall–Kier alpha value is -1.65. The van der Waals surface area contributed by atoms with Crippen molar-refractivity contribution in [3.8, 4) is 0 Å². The molecule has 0 spiro atoms. The van der Waals surface area contributed by atoms with Crippen molar-refractivity contribution in [2.75, 3.05) is 0 Å². The summed E-state index contributed by atoms with van der Waals surface area (Å²) in [4.78, 5) is 18.1. The third-order valence-electron chi connectivity index (χ3n) is 2.18. The molecule has 0 fully saturated rings. The molecule has 0 saturated carbocycles. The fraction of sp³-hybridized carbons (Fsp3) is 0.444. The Kier molecular flexibility index (Phi) is 2.07.